The first-order valence-corrected chi connectivity index (χ1v) is 6.00. The summed E-state index contributed by atoms with van der Waals surface area (Å²) in [5, 5.41) is 0. The number of ether oxygens (including phenoxy) is 4. The maximum absolute atomic E-state index is 10.7. The van der Waals surface area contributed by atoms with Gasteiger partial charge in [-0.05, 0) is 5.57 Å². The number of hydrogen-bond acceptors (Lipinski definition) is 6. The van der Waals surface area contributed by atoms with E-state index in [4.69, 9.17) is 18.9 Å². The molecular weight excluding hydrogens is 264 g/mol. The molecule has 0 aromatic rings. The largest absolute Gasteiger partial charge is 0.460 e. The van der Waals surface area contributed by atoms with E-state index in [1.54, 1.807) is 0 Å². The van der Waals surface area contributed by atoms with Crippen molar-refractivity contribution in [3.8, 4) is 0 Å². The van der Waals surface area contributed by atoms with Crippen molar-refractivity contribution in [3.05, 3.63) is 37.5 Å². The summed E-state index contributed by atoms with van der Waals surface area (Å²) in [6.07, 6.45) is 2.18. The van der Waals surface area contributed by atoms with E-state index >= 15 is 0 Å². The first kappa shape index (κ1) is 18.1. The predicted octanol–water partition coefficient (Wildman–Crippen LogP) is 1.03. The second-order valence-electron chi connectivity index (χ2n) is 3.60. The molecule has 0 rings (SSSR count). The van der Waals surface area contributed by atoms with E-state index in [0.29, 0.717) is 13.2 Å². The van der Waals surface area contributed by atoms with E-state index < -0.39 is 11.9 Å². The number of rotatable bonds is 12. The third kappa shape index (κ3) is 11.2. The van der Waals surface area contributed by atoms with E-state index in [1.165, 1.54) is 0 Å². The molecule has 0 saturated carbocycles. The summed E-state index contributed by atoms with van der Waals surface area (Å²) in [4.78, 5) is 21.4. The van der Waals surface area contributed by atoms with Crippen LogP contribution in [0.15, 0.2) is 37.5 Å². The lowest BCUT2D eigenvalue weighted by Crippen LogP contribution is -2.13. The monoisotopic (exact) mass is 284 g/mol. The lowest BCUT2D eigenvalue weighted by molar-refractivity contribution is -0.139. The summed E-state index contributed by atoms with van der Waals surface area (Å²) in [6, 6.07) is 0. The standard InChI is InChI=1S/C14H20O6/c1-4-13(15)19-8-6-17-10-12(3)11-18-7-9-20-14(16)5-2/h4-5H,1-3,6-11H2. The van der Waals surface area contributed by atoms with Crippen LogP contribution in [0.25, 0.3) is 0 Å². The molecule has 0 radical (unpaired) electrons. The van der Waals surface area contributed by atoms with Crippen molar-refractivity contribution in [2.24, 2.45) is 0 Å². The predicted molar refractivity (Wildman–Crippen MR) is 73.1 cm³/mol. The highest BCUT2D eigenvalue weighted by atomic mass is 16.6. The van der Waals surface area contributed by atoms with Gasteiger partial charge in [-0.25, -0.2) is 9.59 Å². The zero-order valence-electron chi connectivity index (χ0n) is 11.5. The highest BCUT2D eigenvalue weighted by Gasteiger charge is 1.99. The molecule has 0 aromatic heterocycles. The maximum Gasteiger partial charge on any atom is 0.330 e. The van der Waals surface area contributed by atoms with Crippen LogP contribution in [0.4, 0.5) is 0 Å². The van der Waals surface area contributed by atoms with Crippen molar-refractivity contribution in [2.75, 3.05) is 39.6 Å². The van der Waals surface area contributed by atoms with Gasteiger partial charge >= 0.3 is 11.9 Å². The molecule has 6 nitrogen and oxygen atoms in total. The molecule has 112 valence electrons. The fraction of sp³-hybridized carbons (Fsp3) is 0.429. The van der Waals surface area contributed by atoms with Crippen molar-refractivity contribution in [2.45, 2.75) is 0 Å². The van der Waals surface area contributed by atoms with Crippen LogP contribution in [0.2, 0.25) is 0 Å². The van der Waals surface area contributed by atoms with Gasteiger partial charge in [-0.3, -0.25) is 0 Å². The SMILES string of the molecule is C=CC(=O)OCCOCC(=C)COCCOC(=O)C=C. The van der Waals surface area contributed by atoms with Crippen LogP contribution < -0.4 is 0 Å². The van der Waals surface area contributed by atoms with E-state index in [-0.39, 0.29) is 26.4 Å². The molecule has 20 heavy (non-hydrogen) atoms. The van der Waals surface area contributed by atoms with Crippen LogP contribution in [0.5, 0.6) is 0 Å². The van der Waals surface area contributed by atoms with Gasteiger partial charge in [0, 0.05) is 12.2 Å². The Balaban J connectivity index is 3.37. The molecule has 0 N–H and O–H groups in total. The molecular formula is C14H20O6. The first-order chi connectivity index (χ1) is 9.60. The van der Waals surface area contributed by atoms with E-state index in [9.17, 15) is 9.59 Å². The van der Waals surface area contributed by atoms with E-state index in [2.05, 4.69) is 19.7 Å². The molecule has 0 aliphatic heterocycles. The summed E-state index contributed by atoms with van der Waals surface area (Å²) < 4.78 is 19.9. The lowest BCUT2D eigenvalue weighted by Gasteiger charge is -2.08. The minimum absolute atomic E-state index is 0.163. The molecule has 0 aliphatic carbocycles. The van der Waals surface area contributed by atoms with Crippen LogP contribution in [0.1, 0.15) is 0 Å². The number of carbonyl (C=O) groups is 2. The van der Waals surface area contributed by atoms with Gasteiger partial charge in [0.05, 0.1) is 26.4 Å². The Bertz CT molecular complexity index is 316. The van der Waals surface area contributed by atoms with Crippen LogP contribution in [-0.4, -0.2) is 51.6 Å². The minimum atomic E-state index is -0.482. The molecule has 0 saturated heterocycles. The summed E-state index contributed by atoms with van der Waals surface area (Å²) in [6.45, 7) is 11.8. The van der Waals surface area contributed by atoms with Gasteiger partial charge in [-0.15, -0.1) is 0 Å². The van der Waals surface area contributed by atoms with Gasteiger partial charge in [0.25, 0.3) is 0 Å². The smallest absolute Gasteiger partial charge is 0.330 e. The summed E-state index contributed by atoms with van der Waals surface area (Å²) >= 11 is 0. The van der Waals surface area contributed by atoms with Crippen molar-refractivity contribution >= 4 is 11.9 Å². The topological polar surface area (TPSA) is 71.1 Å². The Kier molecular flexibility index (Phi) is 11.0. The average Bonchev–Trinajstić information content (AvgIpc) is 2.45. The molecule has 0 unspecified atom stereocenters. The average molecular weight is 284 g/mol. The maximum atomic E-state index is 10.7. The summed E-state index contributed by atoms with van der Waals surface area (Å²) in [5.74, 6) is -0.963. The minimum Gasteiger partial charge on any atom is -0.460 e. The highest BCUT2D eigenvalue weighted by molar-refractivity contribution is 5.81. The molecule has 0 aliphatic rings. The van der Waals surface area contributed by atoms with Crippen molar-refractivity contribution in [1.29, 1.82) is 0 Å². The van der Waals surface area contributed by atoms with E-state index in [0.717, 1.165) is 17.7 Å². The van der Waals surface area contributed by atoms with Gasteiger partial charge in [-0.1, -0.05) is 19.7 Å². The second-order valence-corrected chi connectivity index (χ2v) is 3.60. The molecule has 0 spiro atoms. The van der Waals surface area contributed by atoms with Crippen LogP contribution in [-0.2, 0) is 28.5 Å². The zero-order chi connectivity index (χ0) is 15.2. The normalized spacial score (nSPS) is 9.60. The third-order valence-corrected chi connectivity index (χ3v) is 1.89. The Morgan fingerprint density at radius 3 is 1.55 bits per heavy atom. The fourth-order valence-electron chi connectivity index (χ4n) is 0.995. The van der Waals surface area contributed by atoms with E-state index in [1.807, 2.05) is 0 Å². The Labute approximate surface area is 118 Å². The molecule has 0 bridgehead atoms. The van der Waals surface area contributed by atoms with Gasteiger partial charge in [-0.2, -0.15) is 0 Å². The number of carbonyl (C=O) groups excluding carboxylic acids is 2. The summed E-state index contributed by atoms with van der Waals surface area (Å²) in [7, 11) is 0. The zero-order valence-corrected chi connectivity index (χ0v) is 11.5. The Morgan fingerprint density at radius 1 is 0.800 bits per heavy atom. The quantitative estimate of drug-likeness (QED) is 0.231. The number of hydrogen-bond donors (Lipinski definition) is 0. The second kappa shape index (κ2) is 12.1. The van der Waals surface area contributed by atoms with Gasteiger partial charge < -0.3 is 18.9 Å². The molecule has 0 atom stereocenters. The first-order valence-electron chi connectivity index (χ1n) is 6.00. The van der Waals surface area contributed by atoms with Crippen molar-refractivity contribution < 1.29 is 28.5 Å². The number of esters is 2. The highest BCUT2D eigenvalue weighted by Crippen LogP contribution is 1.94. The van der Waals surface area contributed by atoms with Crippen molar-refractivity contribution in [1.82, 2.24) is 0 Å². The Morgan fingerprint density at radius 2 is 1.20 bits per heavy atom. The Hall–Kier alpha value is -1.92. The van der Waals surface area contributed by atoms with Gasteiger partial charge in [0.15, 0.2) is 0 Å². The van der Waals surface area contributed by atoms with Gasteiger partial charge in [0.2, 0.25) is 0 Å². The lowest BCUT2D eigenvalue weighted by atomic mass is 10.3. The molecule has 0 aromatic carbocycles. The molecule has 6 heteroatoms. The van der Waals surface area contributed by atoms with Crippen LogP contribution in [0, 0.1) is 0 Å². The summed E-state index contributed by atoms with van der Waals surface area (Å²) in [5.41, 5.74) is 0.732. The third-order valence-electron chi connectivity index (χ3n) is 1.89. The van der Waals surface area contributed by atoms with Crippen molar-refractivity contribution in [3.63, 3.8) is 0 Å². The van der Waals surface area contributed by atoms with Crippen LogP contribution >= 0.6 is 0 Å². The molecule has 0 heterocycles. The van der Waals surface area contributed by atoms with Crippen LogP contribution in [0.3, 0.4) is 0 Å². The molecule has 0 amide bonds. The molecule has 0 fully saturated rings. The van der Waals surface area contributed by atoms with Gasteiger partial charge in [0.1, 0.15) is 13.2 Å². The fourth-order valence-corrected chi connectivity index (χ4v) is 0.995.